The second kappa shape index (κ2) is 7.02. The normalized spacial score (nSPS) is 18.9. The molecule has 0 bridgehead atoms. The van der Waals surface area contributed by atoms with Gasteiger partial charge in [-0.05, 0) is 37.5 Å². The molecule has 1 aliphatic heterocycles. The summed E-state index contributed by atoms with van der Waals surface area (Å²) in [5, 5.41) is 0.513. The van der Waals surface area contributed by atoms with E-state index in [-0.39, 0.29) is 23.3 Å². The number of aromatic nitrogens is 1. The van der Waals surface area contributed by atoms with Crippen LogP contribution in [0.25, 0.3) is 10.2 Å². The summed E-state index contributed by atoms with van der Waals surface area (Å²) in [6.07, 6.45) is -2.22. The topological polar surface area (TPSA) is 79.4 Å². The molecule has 0 aliphatic carbocycles. The molecule has 0 saturated carbocycles. The van der Waals surface area contributed by atoms with Crippen LogP contribution in [0.15, 0.2) is 12.1 Å². The smallest absolute Gasteiger partial charge is 0.336 e. The summed E-state index contributed by atoms with van der Waals surface area (Å²) in [5.41, 5.74) is -0.412. The Balaban J connectivity index is 1.88. The molecule has 2 aromatic heterocycles. The van der Waals surface area contributed by atoms with Gasteiger partial charge in [0.2, 0.25) is 10.0 Å². The molecule has 1 atom stereocenters. The van der Waals surface area contributed by atoms with Crippen molar-refractivity contribution in [1.29, 1.82) is 0 Å². The highest BCUT2D eigenvalue weighted by atomic mass is 32.2. The van der Waals surface area contributed by atoms with Crippen LogP contribution in [-0.2, 0) is 16.2 Å². The summed E-state index contributed by atoms with van der Waals surface area (Å²) in [7, 11) is -3.39. The molecule has 148 valence electrons. The van der Waals surface area contributed by atoms with Gasteiger partial charge < -0.3 is 4.90 Å². The van der Waals surface area contributed by atoms with Crippen LogP contribution in [0.3, 0.4) is 0 Å². The molecule has 0 aromatic carbocycles. The predicted molar refractivity (Wildman–Crippen MR) is 96.3 cm³/mol. The van der Waals surface area contributed by atoms with Gasteiger partial charge in [0.1, 0.15) is 10.5 Å². The summed E-state index contributed by atoms with van der Waals surface area (Å²) in [6, 6.07) is 1.86. The Morgan fingerprint density at radius 2 is 2.07 bits per heavy atom. The molecular formula is C16H18F3N3O3S2. The van der Waals surface area contributed by atoms with Crippen LogP contribution in [0.2, 0.25) is 0 Å². The molecule has 1 amide bonds. The number of fused-ring (bicyclic) bond motifs is 1. The van der Waals surface area contributed by atoms with Crippen molar-refractivity contribution >= 4 is 37.5 Å². The van der Waals surface area contributed by atoms with E-state index in [1.54, 1.807) is 6.92 Å². The number of hydrogen-bond donors (Lipinski definition) is 1. The van der Waals surface area contributed by atoms with Crippen molar-refractivity contribution in [2.24, 2.45) is 0 Å². The van der Waals surface area contributed by atoms with Gasteiger partial charge in [-0.15, -0.1) is 11.3 Å². The predicted octanol–water partition coefficient (Wildman–Crippen LogP) is 2.78. The molecule has 27 heavy (non-hydrogen) atoms. The monoisotopic (exact) mass is 421 g/mol. The minimum absolute atomic E-state index is 0.161. The van der Waals surface area contributed by atoms with Crippen molar-refractivity contribution in [2.45, 2.75) is 32.0 Å². The fraction of sp³-hybridized carbons (Fsp3) is 0.500. The van der Waals surface area contributed by atoms with Gasteiger partial charge >= 0.3 is 6.18 Å². The van der Waals surface area contributed by atoms with Crippen LogP contribution in [-0.4, -0.2) is 49.6 Å². The number of sulfonamides is 1. The van der Waals surface area contributed by atoms with Gasteiger partial charge in [0, 0.05) is 24.5 Å². The molecule has 6 nitrogen and oxygen atoms in total. The standard InChI is InChI=1S/C16H18F3N3O3S2/c1-9-11-5-6-12(16(17,18)19)20-14(11)26-13(9)15(23)22-7-3-4-10(8-22)21-27(2,24)25/h5-6,10,21H,3-4,7-8H2,1-2H3. The van der Waals surface area contributed by atoms with Crippen molar-refractivity contribution in [2.75, 3.05) is 19.3 Å². The summed E-state index contributed by atoms with van der Waals surface area (Å²) in [6.45, 7) is 2.37. The van der Waals surface area contributed by atoms with Crippen molar-refractivity contribution in [1.82, 2.24) is 14.6 Å². The molecule has 1 saturated heterocycles. The number of pyridine rings is 1. The number of amides is 1. The van der Waals surface area contributed by atoms with Crippen LogP contribution in [0.4, 0.5) is 13.2 Å². The minimum atomic E-state index is -4.55. The van der Waals surface area contributed by atoms with Crippen LogP contribution < -0.4 is 4.72 Å². The Morgan fingerprint density at radius 3 is 2.70 bits per heavy atom. The third-order valence-electron chi connectivity index (χ3n) is 4.38. The average Bonchev–Trinajstić information content (AvgIpc) is 2.88. The first-order valence-corrected chi connectivity index (χ1v) is 10.9. The number of likely N-dealkylation sites (tertiary alicyclic amines) is 1. The maximum Gasteiger partial charge on any atom is 0.433 e. The van der Waals surface area contributed by atoms with Gasteiger partial charge in [0.15, 0.2) is 0 Å². The third kappa shape index (κ3) is 4.41. The molecule has 1 aliphatic rings. The van der Waals surface area contributed by atoms with E-state index in [9.17, 15) is 26.4 Å². The molecule has 1 N–H and O–H groups in total. The summed E-state index contributed by atoms with van der Waals surface area (Å²) in [5.74, 6) is -0.316. The van der Waals surface area contributed by atoms with Gasteiger partial charge in [-0.25, -0.2) is 18.1 Å². The minimum Gasteiger partial charge on any atom is -0.336 e. The van der Waals surface area contributed by atoms with E-state index in [2.05, 4.69) is 9.71 Å². The first-order chi connectivity index (χ1) is 12.5. The largest absolute Gasteiger partial charge is 0.433 e. The first-order valence-electron chi connectivity index (χ1n) is 8.19. The second-order valence-electron chi connectivity index (χ2n) is 6.58. The Morgan fingerprint density at radius 1 is 1.37 bits per heavy atom. The second-order valence-corrected chi connectivity index (χ2v) is 9.36. The number of thiophene rings is 1. The number of nitrogens with one attached hydrogen (secondary N) is 1. The Bertz CT molecular complexity index is 986. The van der Waals surface area contributed by atoms with Gasteiger partial charge in [0.05, 0.1) is 11.1 Å². The summed E-state index contributed by atoms with van der Waals surface area (Å²) >= 11 is 0.929. The van der Waals surface area contributed by atoms with Crippen molar-refractivity contribution in [3.63, 3.8) is 0 Å². The van der Waals surface area contributed by atoms with Gasteiger partial charge in [-0.2, -0.15) is 13.2 Å². The zero-order chi connectivity index (χ0) is 20.0. The molecule has 0 spiro atoms. The van der Waals surface area contributed by atoms with Crippen LogP contribution in [0.5, 0.6) is 0 Å². The maximum absolute atomic E-state index is 12.9. The fourth-order valence-electron chi connectivity index (χ4n) is 3.17. The number of carbonyl (C=O) groups is 1. The van der Waals surface area contributed by atoms with Gasteiger partial charge in [-0.1, -0.05) is 0 Å². The van der Waals surface area contributed by atoms with Crippen molar-refractivity contribution in [3.8, 4) is 0 Å². The SMILES string of the molecule is Cc1c(C(=O)N2CCCC(NS(C)(=O)=O)C2)sc2nc(C(F)(F)F)ccc12. The lowest BCUT2D eigenvalue weighted by Gasteiger charge is -2.32. The molecule has 1 unspecified atom stereocenters. The lowest BCUT2D eigenvalue weighted by Crippen LogP contribution is -2.49. The number of nitrogens with zero attached hydrogens (tertiary/aromatic N) is 2. The average molecular weight is 421 g/mol. The van der Waals surface area contributed by atoms with E-state index in [0.29, 0.717) is 35.2 Å². The molecule has 1 fully saturated rings. The van der Waals surface area contributed by atoms with Crippen LogP contribution in [0.1, 0.15) is 33.8 Å². The van der Waals surface area contributed by atoms with Crippen molar-refractivity contribution < 1.29 is 26.4 Å². The number of piperidine rings is 1. The summed E-state index contributed by atoms with van der Waals surface area (Å²) in [4.78, 5) is 18.6. The summed E-state index contributed by atoms with van der Waals surface area (Å²) < 4.78 is 63.9. The fourth-order valence-corrected chi connectivity index (χ4v) is 5.11. The molecule has 3 heterocycles. The molecule has 3 rings (SSSR count). The van der Waals surface area contributed by atoms with Crippen LogP contribution >= 0.6 is 11.3 Å². The number of rotatable bonds is 3. The first kappa shape index (κ1) is 20.0. The highest BCUT2D eigenvalue weighted by Crippen LogP contribution is 2.35. The molecular weight excluding hydrogens is 403 g/mol. The maximum atomic E-state index is 12.9. The Labute approximate surface area is 158 Å². The molecule has 11 heteroatoms. The Hall–Kier alpha value is -1.72. The number of hydrogen-bond acceptors (Lipinski definition) is 5. The number of halogens is 3. The van der Waals surface area contributed by atoms with Gasteiger partial charge in [-0.3, -0.25) is 4.79 Å². The third-order valence-corrected chi connectivity index (χ3v) is 6.33. The van der Waals surface area contributed by atoms with Crippen LogP contribution in [0, 0.1) is 6.92 Å². The highest BCUT2D eigenvalue weighted by molar-refractivity contribution is 7.88. The lowest BCUT2D eigenvalue weighted by atomic mass is 10.1. The van der Waals surface area contributed by atoms with E-state index in [4.69, 9.17) is 0 Å². The van der Waals surface area contributed by atoms with E-state index >= 15 is 0 Å². The molecule has 2 aromatic rings. The quantitative estimate of drug-likeness (QED) is 0.827. The van der Waals surface area contributed by atoms with E-state index in [1.807, 2.05) is 0 Å². The van der Waals surface area contributed by atoms with E-state index in [0.717, 1.165) is 23.7 Å². The van der Waals surface area contributed by atoms with E-state index < -0.39 is 21.9 Å². The number of aryl methyl sites for hydroxylation is 1. The zero-order valence-corrected chi connectivity index (χ0v) is 16.3. The number of carbonyl (C=O) groups excluding carboxylic acids is 1. The number of alkyl halides is 3. The Kier molecular flexibility index (Phi) is 5.21. The van der Waals surface area contributed by atoms with Gasteiger partial charge in [0.25, 0.3) is 5.91 Å². The lowest BCUT2D eigenvalue weighted by molar-refractivity contribution is -0.140. The highest BCUT2D eigenvalue weighted by Gasteiger charge is 2.33. The van der Waals surface area contributed by atoms with Crippen molar-refractivity contribution in [3.05, 3.63) is 28.3 Å². The van der Waals surface area contributed by atoms with E-state index in [1.165, 1.54) is 11.0 Å². The molecule has 0 radical (unpaired) electrons. The zero-order valence-electron chi connectivity index (χ0n) is 14.6.